The first-order valence-electron chi connectivity index (χ1n) is 9.35. The summed E-state index contributed by atoms with van der Waals surface area (Å²) in [5, 5.41) is 17.3. The zero-order valence-electron chi connectivity index (χ0n) is 15.4. The van der Waals surface area contributed by atoms with Crippen LogP contribution >= 0.6 is 0 Å². The highest BCUT2D eigenvalue weighted by Crippen LogP contribution is 2.20. The molecule has 0 unspecified atom stereocenters. The molecule has 0 radical (unpaired) electrons. The lowest BCUT2D eigenvalue weighted by Crippen LogP contribution is -2.34. The van der Waals surface area contributed by atoms with E-state index in [9.17, 15) is 5.11 Å². The summed E-state index contributed by atoms with van der Waals surface area (Å²) >= 11 is 0. The lowest BCUT2D eigenvalue weighted by atomic mass is 9.97. The van der Waals surface area contributed by atoms with Gasteiger partial charge in [0.2, 0.25) is 0 Å². The zero-order chi connectivity index (χ0) is 17.6. The monoisotopic (exact) mass is 342 g/mol. The molecule has 3 rings (SSSR count). The van der Waals surface area contributed by atoms with Crippen molar-refractivity contribution in [2.75, 3.05) is 25.0 Å². The molecule has 1 aliphatic rings. The lowest BCUT2D eigenvalue weighted by molar-refractivity contribution is 0.127. The molecule has 0 aliphatic carbocycles. The summed E-state index contributed by atoms with van der Waals surface area (Å²) in [6.45, 7) is 6.44. The molecule has 2 aromatic rings. The van der Waals surface area contributed by atoms with E-state index in [1.807, 2.05) is 11.7 Å². The summed E-state index contributed by atoms with van der Waals surface area (Å²) in [4.78, 5) is 2.49. The molecule has 2 N–H and O–H groups in total. The molecule has 1 saturated heterocycles. The van der Waals surface area contributed by atoms with Crippen LogP contribution in [0.15, 0.2) is 30.5 Å². The number of rotatable bonds is 7. The standard InChI is InChI=1S/C20H30N4O/c1-3-20-18(14-23(2)22-20)12-21-19-6-4-5-17(11-19)13-24-9-7-16(15-25)8-10-24/h4-6,11,14,16,21,25H,3,7-10,12-13,15H2,1-2H3. The second-order valence-electron chi connectivity index (χ2n) is 7.08. The maximum absolute atomic E-state index is 9.26. The highest BCUT2D eigenvalue weighted by Gasteiger charge is 2.18. The maximum Gasteiger partial charge on any atom is 0.0671 e. The Balaban J connectivity index is 1.56. The number of nitrogens with zero attached hydrogens (tertiary/aromatic N) is 3. The maximum atomic E-state index is 9.26. The minimum Gasteiger partial charge on any atom is -0.396 e. The molecule has 2 heterocycles. The van der Waals surface area contributed by atoms with E-state index in [4.69, 9.17) is 0 Å². The molecular weight excluding hydrogens is 312 g/mol. The quantitative estimate of drug-likeness (QED) is 0.812. The number of piperidine rings is 1. The van der Waals surface area contributed by atoms with Crippen molar-refractivity contribution in [3.8, 4) is 0 Å². The Morgan fingerprint density at radius 1 is 1.28 bits per heavy atom. The third-order valence-electron chi connectivity index (χ3n) is 5.11. The van der Waals surface area contributed by atoms with Gasteiger partial charge in [0.25, 0.3) is 0 Å². The van der Waals surface area contributed by atoms with Crippen LogP contribution in [0.5, 0.6) is 0 Å². The van der Waals surface area contributed by atoms with Crippen LogP contribution in [-0.4, -0.2) is 39.5 Å². The predicted octanol–water partition coefficient (Wildman–Crippen LogP) is 2.80. The number of likely N-dealkylation sites (tertiary alicyclic amines) is 1. The molecule has 0 amide bonds. The van der Waals surface area contributed by atoms with Gasteiger partial charge in [0.1, 0.15) is 0 Å². The first kappa shape index (κ1) is 18.0. The molecule has 0 saturated carbocycles. The highest BCUT2D eigenvalue weighted by molar-refractivity contribution is 5.46. The number of hydrogen-bond donors (Lipinski definition) is 2. The smallest absolute Gasteiger partial charge is 0.0671 e. The van der Waals surface area contributed by atoms with Gasteiger partial charge >= 0.3 is 0 Å². The molecular formula is C20H30N4O. The van der Waals surface area contributed by atoms with Gasteiger partial charge < -0.3 is 10.4 Å². The minimum absolute atomic E-state index is 0.335. The van der Waals surface area contributed by atoms with Crippen LogP contribution in [0.25, 0.3) is 0 Å². The van der Waals surface area contributed by atoms with Crippen LogP contribution in [0.2, 0.25) is 0 Å². The fraction of sp³-hybridized carbons (Fsp3) is 0.550. The van der Waals surface area contributed by atoms with E-state index in [1.54, 1.807) is 0 Å². The lowest BCUT2D eigenvalue weighted by Gasteiger charge is -2.31. The van der Waals surface area contributed by atoms with E-state index >= 15 is 0 Å². The Bertz CT molecular complexity index is 674. The summed E-state index contributed by atoms with van der Waals surface area (Å²) in [5.41, 5.74) is 4.93. The van der Waals surface area contributed by atoms with Crippen molar-refractivity contribution in [1.29, 1.82) is 0 Å². The summed E-state index contributed by atoms with van der Waals surface area (Å²) in [5.74, 6) is 0.497. The van der Waals surface area contributed by atoms with Crippen LogP contribution < -0.4 is 5.32 Å². The van der Waals surface area contributed by atoms with Gasteiger partial charge in [-0.15, -0.1) is 0 Å². The molecule has 1 aromatic carbocycles. The van der Waals surface area contributed by atoms with Crippen molar-refractivity contribution in [2.45, 2.75) is 39.3 Å². The summed E-state index contributed by atoms with van der Waals surface area (Å²) in [6.07, 6.45) is 5.27. The number of nitrogens with one attached hydrogen (secondary N) is 1. The van der Waals surface area contributed by atoms with Crippen LogP contribution in [0.1, 0.15) is 36.6 Å². The minimum atomic E-state index is 0.335. The fourth-order valence-electron chi connectivity index (χ4n) is 3.59. The SMILES string of the molecule is CCc1nn(C)cc1CNc1cccc(CN2CCC(CO)CC2)c1. The second-order valence-corrected chi connectivity index (χ2v) is 7.08. The van der Waals surface area contributed by atoms with Crippen molar-refractivity contribution in [3.05, 3.63) is 47.3 Å². The largest absolute Gasteiger partial charge is 0.396 e. The van der Waals surface area contributed by atoms with Crippen LogP contribution in [-0.2, 0) is 26.6 Å². The predicted molar refractivity (Wildman–Crippen MR) is 101 cm³/mol. The van der Waals surface area contributed by atoms with Gasteiger partial charge in [-0.3, -0.25) is 9.58 Å². The topological polar surface area (TPSA) is 53.3 Å². The summed E-state index contributed by atoms with van der Waals surface area (Å²) in [6, 6.07) is 8.70. The third-order valence-corrected chi connectivity index (χ3v) is 5.11. The van der Waals surface area contributed by atoms with Crippen molar-refractivity contribution in [3.63, 3.8) is 0 Å². The average Bonchev–Trinajstić information content (AvgIpc) is 3.01. The van der Waals surface area contributed by atoms with E-state index in [-0.39, 0.29) is 0 Å². The summed E-state index contributed by atoms with van der Waals surface area (Å²) < 4.78 is 1.89. The third kappa shape index (κ3) is 4.83. The van der Waals surface area contributed by atoms with Gasteiger partial charge in [0.05, 0.1) is 5.69 Å². The summed E-state index contributed by atoms with van der Waals surface area (Å²) in [7, 11) is 1.98. The zero-order valence-corrected chi connectivity index (χ0v) is 15.4. The number of aliphatic hydroxyl groups excluding tert-OH is 1. The molecule has 0 spiro atoms. The first-order chi connectivity index (χ1) is 12.2. The number of aliphatic hydroxyl groups is 1. The van der Waals surface area contributed by atoms with Gasteiger partial charge in [0.15, 0.2) is 0 Å². The first-order valence-corrected chi connectivity index (χ1v) is 9.35. The number of aryl methyl sites for hydroxylation is 2. The molecule has 0 bridgehead atoms. The fourth-order valence-corrected chi connectivity index (χ4v) is 3.59. The van der Waals surface area contributed by atoms with E-state index in [2.05, 4.69) is 52.7 Å². The van der Waals surface area contributed by atoms with Crippen molar-refractivity contribution in [2.24, 2.45) is 13.0 Å². The Kier molecular flexibility index (Phi) is 6.10. The molecule has 5 nitrogen and oxygen atoms in total. The van der Waals surface area contributed by atoms with Gasteiger partial charge in [-0.25, -0.2) is 0 Å². The number of hydrogen-bond acceptors (Lipinski definition) is 4. The number of benzene rings is 1. The Morgan fingerprint density at radius 2 is 2.08 bits per heavy atom. The average molecular weight is 342 g/mol. The molecule has 0 atom stereocenters. The highest BCUT2D eigenvalue weighted by atomic mass is 16.3. The van der Waals surface area contributed by atoms with Crippen LogP contribution in [0.4, 0.5) is 5.69 Å². The second kappa shape index (κ2) is 8.50. The number of anilines is 1. The Labute approximate surface area is 150 Å². The Morgan fingerprint density at radius 3 is 2.80 bits per heavy atom. The molecule has 1 aliphatic heterocycles. The normalized spacial score (nSPS) is 16.3. The van der Waals surface area contributed by atoms with E-state index in [0.29, 0.717) is 12.5 Å². The van der Waals surface area contributed by atoms with E-state index < -0.39 is 0 Å². The van der Waals surface area contributed by atoms with Gasteiger partial charge in [0, 0.05) is 44.2 Å². The van der Waals surface area contributed by atoms with E-state index in [0.717, 1.165) is 56.8 Å². The van der Waals surface area contributed by atoms with Crippen LogP contribution in [0.3, 0.4) is 0 Å². The molecule has 1 fully saturated rings. The van der Waals surface area contributed by atoms with Crippen molar-refractivity contribution < 1.29 is 5.11 Å². The Hall–Kier alpha value is -1.85. The van der Waals surface area contributed by atoms with E-state index in [1.165, 1.54) is 11.1 Å². The number of aromatic nitrogens is 2. The van der Waals surface area contributed by atoms with Crippen molar-refractivity contribution >= 4 is 5.69 Å². The van der Waals surface area contributed by atoms with Crippen LogP contribution in [0, 0.1) is 5.92 Å². The van der Waals surface area contributed by atoms with Crippen molar-refractivity contribution in [1.82, 2.24) is 14.7 Å². The van der Waals surface area contributed by atoms with Gasteiger partial charge in [-0.1, -0.05) is 19.1 Å². The van der Waals surface area contributed by atoms with Gasteiger partial charge in [-0.2, -0.15) is 5.10 Å². The molecule has 5 heteroatoms. The molecule has 136 valence electrons. The molecule has 1 aromatic heterocycles. The molecule has 25 heavy (non-hydrogen) atoms. The van der Waals surface area contributed by atoms with Gasteiger partial charge in [-0.05, 0) is 56.0 Å².